The minimum atomic E-state index is -0.296. The van der Waals surface area contributed by atoms with E-state index >= 15 is 0 Å². The van der Waals surface area contributed by atoms with Crippen molar-refractivity contribution in [2.75, 3.05) is 16.0 Å². The Morgan fingerprint density at radius 3 is 1.89 bits per heavy atom. The molecule has 7 heteroatoms. The normalized spacial score (nSPS) is 11.4. The topological polar surface area (TPSA) is 87.3 Å². The Bertz CT molecular complexity index is 820. The highest BCUT2D eigenvalue weighted by Crippen LogP contribution is 2.26. The van der Waals surface area contributed by atoms with Crippen LogP contribution in [0.5, 0.6) is 0 Å². The quantitative estimate of drug-likeness (QED) is 0.570. The van der Waals surface area contributed by atoms with Crippen LogP contribution in [0.15, 0.2) is 53.4 Å². The van der Waals surface area contributed by atoms with E-state index in [2.05, 4.69) is 16.0 Å². The van der Waals surface area contributed by atoms with Gasteiger partial charge in [-0.1, -0.05) is 6.92 Å². The van der Waals surface area contributed by atoms with Crippen molar-refractivity contribution in [3.8, 4) is 0 Å². The van der Waals surface area contributed by atoms with Gasteiger partial charge in [-0.15, -0.1) is 11.8 Å². The molecule has 0 aromatic heterocycles. The molecule has 0 aliphatic heterocycles. The summed E-state index contributed by atoms with van der Waals surface area (Å²) in [6.07, 6.45) is 1.31. The van der Waals surface area contributed by atoms with Crippen LogP contribution in [0.2, 0.25) is 0 Å². The van der Waals surface area contributed by atoms with Crippen molar-refractivity contribution in [3.05, 3.63) is 48.5 Å². The number of anilines is 3. The highest BCUT2D eigenvalue weighted by atomic mass is 32.2. The number of hydrogen-bond donors (Lipinski definition) is 3. The Kier molecular flexibility index (Phi) is 8.07. The lowest BCUT2D eigenvalue weighted by Crippen LogP contribution is -2.22. The maximum absolute atomic E-state index is 12.4. The van der Waals surface area contributed by atoms with Crippen molar-refractivity contribution in [1.29, 1.82) is 0 Å². The minimum Gasteiger partial charge on any atom is -0.326 e. The average molecular weight is 400 g/mol. The number of carbonyl (C=O) groups is 3. The third-order valence-corrected chi connectivity index (χ3v) is 4.88. The van der Waals surface area contributed by atoms with E-state index in [1.807, 2.05) is 38.1 Å². The fourth-order valence-electron chi connectivity index (χ4n) is 2.41. The molecule has 0 aliphatic rings. The van der Waals surface area contributed by atoms with Crippen molar-refractivity contribution in [2.45, 2.75) is 43.8 Å². The molecule has 3 N–H and O–H groups in total. The van der Waals surface area contributed by atoms with Gasteiger partial charge in [0, 0.05) is 35.3 Å². The summed E-state index contributed by atoms with van der Waals surface area (Å²) in [6.45, 7) is 5.24. The number of amides is 3. The van der Waals surface area contributed by atoms with Gasteiger partial charge in [0.1, 0.15) is 0 Å². The fourth-order valence-corrected chi connectivity index (χ4v) is 3.28. The lowest BCUT2D eigenvalue weighted by molar-refractivity contribution is -0.116. The first-order valence-electron chi connectivity index (χ1n) is 9.12. The van der Waals surface area contributed by atoms with Crippen molar-refractivity contribution < 1.29 is 14.4 Å². The zero-order valence-corrected chi connectivity index (χ0v) is 17.1. The summed E-state index contributed by atoms with van der Waals surface area (Å²) in [6, 6.07) is 14.4. The predicted octanol–water partition coefficient (Wildman–Crippen LogP) is 4.50. The summed E-state index contributed by atoms with van der Waals surface area (Å²) in [7, 11) is 0. The first kappa shape index (κ1) is 21.5. The largest absolute Gasteiger partial charge is 0.326 e. The summed E-state index contributed by atoms with van der Waals surface area (Å²) >= 11 is 1.44. The molecule has 3 amide bonds. The van der Waals surface area contributed by atoms with Crippen LogP contribution < -0.4 is 16.0 Å². The standard InChI is InChI=1S/C21H25N3O3S/c1-4-5-20(26)23-17-10-12-19(13-11-17)28-14(2)21(27)24-18-8-6-16(7-9-18)22-15(3)25/h6-14H,4-5H2,1-3H3,(H,22,25)(H,23,26)(H,24,27). The Hall–Kier alpha value is -2.80. The summed E-state index contributed by atoms with van der Waals surface area (Å²) in [4.78, 5) is 36.0. The Labute approximate surface area is 169 Å². The molecule has 0 aliphatic carbocycles. The molecule has 28 heavy (non-hydrogen) atoms. The van der Waals surface area contributed by atoms with E-state index < -0.39 is 0 Å². The van der Waals surface area contributed by atoms with E-state index in [1.54, 1.807) is 24.3 Å². The fraction of sp³-hybridized carbons (Fsp3) is 0.286. The molecule has 0 saturated carbocycles. The van der Waals surface area contributed by atoms with Gasteiger partial charge in [0.15, 0.2) is 0 Å². The predicted molar refractivity (Wildman–Crippen MR) is 115 cm³/mol. The second kappa shape index (κ2) is 10.5. The van der Waals surface area contributed by atoms with Crippen LogP contribution >= 0.6 is 11.8 Å². The summed E-state index contributed by atoms with van der Waals surface area (Å²) < 4.78 is 0. The van der Waals surface area contributed by atoms with E-state index in [0.717, 1.165) is 17.0 Å². The number of benzene rings is 2. The monoisotopic (exact) mass is 399 g/mol. The highest BCUT2D eigenvalue weighted by molar-refractivity contribution is 8.00. The molecule has 0 fully saturated rings. The molecule has 0 radical (unpaired) electrons. The van der Waals surface area contributed by atoms with Crippen LogP contribution in [0.4, 0.5) is 17.1 Å². The maximum atomic E-state index is 12.4. The van der Waals surface area contributed by atoms with Crippen molar-refractivity contribution in [1.82, 2.24) is 0 Å². The van der Waals surface area contributed by atoms with Gasteiger partial charge in [-0.2, -0.15) is 0 Å². The van der Waals surface area contributed by atoms with Crippen LogP contribution in [0, 0.1) is 0 Å². The number of hydrogen-bond acceptors (Lipinski definition) is 4. The molecule has 0 bridgehead atoms. The second-order valence-corrected chi connectivity index (χ2v) is 7.74. The third-order valence-electron chi connectivity index (χ3n) is 3.77. The summed E-state index contributed by atoms with van der Waals surface area (Å²) in [5.41, 5.74) is 2.10. The van der Waals surface area contributed by atoms with Crippen molar-refractivity contribution in [2.24, 2.45) is 0 Å². The molecular weight excluding hydrogens is 374 g/mol. The lowest BCUT2D eigenvalue weighted by atomic mass is 10.2. The van der Waals surface area contributed by atoms with Crippen LogP contribution in [-0.2, 0) is 14.4 Å². The molecule has 2 rings (SSSR count). The van der Waals surface area contributed by atoms with E-state index in [4.69, 9.17) is 0 Å². The van der Waals surface area contributed by atoms with Gasteiger partial charge in [0.05, 0.1) is 5.25 Å². The Morgan fingerprint density at radius 2 is 1.36 bits per heavy atom. The van der Waals surface area contributed by atoms with Gasteiger partial charge in [0.2, 0.25) is 17.7 Å². The third kappa shape index (κ3) is 7.08. The zero-order valence-electron chi connectivity index (χ0n) is 16.2. The number of rotatable bonds is 8. The lowest BCUT2D eigenvalue weighted by Gasteiger charge is -2.13. The van der Waals surface area contributed by atoms with Gasteiger partial charge >= 0.3 is 0 Å². The van der Waals surface area contributed by atoms with Crippen LogP contribution in [-0.4, -0.2) is 23.0 Å². The van der Waals surface area contributed by atoms with Crippen LogP contribution in [0.1, 0.15) is 33.6 Å². The molecule has 0 saturated heterocycles. The van der Waals surface area contributed by atoms with E-state index in [-0.39, 0.29) is 23.0 Å². The molecule has 2 aromatic rings. The molecule has 1 unspecified atom stereocenters. The van der Waals surface area contributed by atoms with E-state index in [0.29, 0.717) is 17.8 Å². The molecule has 1 atom stereocenters. The van der Waals surface area contributed by atoms with Crippen LogP contribution in [0.25, 0.3) is 0 Å². The Morgan fingerprint density at radius 1 is 0.857 bits per heavy atom. The maximum Gasteiger partial charge on any atom is 0.237 e. The van der Waals surface area contributed by atoms with Gasteiger partial charge in [-0.3, -0.25) is 14.4 Å². The number of carbonyl (C=O) groups excluding carboxylic acids is 3. The summed E-state index contributed by atoms with van der Waals surface area (Å²) in [5.74, 6) is -0.254. The molecular formula is C21H25N3O3S. The average Bonchev–Trinajstić information content (AvgIpc) is 2.64. The molecule has 0 spiro atoms. The molecule has 2 aromatic carbocycles. The van der Waals surface area contributed by atoms with Gasteiger partial charge in [-0.25, -0.2) is 0 Å². The highest BCUT2D eigenvalue weighted by Gasteiger charge is 2.15. The number of nitrogens with one attached hydrogen (secondary N) is 3. The first-order valence-corrected chi connectivity index (χ1v) is 10.0. The Balaban J connectivity index is 1.87. The van der Waals surface area contributed by atoms with Crippen LogP contribution in [0.3, 0.4) is 0 Å². The smallest absolute Gasteiger partial charge is 0.237 e. The second-order valence-electron chi connectivity index (χ2n) is 6.33. The SMILES string of the molecule is CCCC(=O)Nc1ccc(SC(C)C(=O)Nc2ccc(NC(C)=O)cc2)cc1. The number of thioether (sulfide) groups is 1. The minimum absolute atomic E-state index is 0.000158. The van der Waals surface area contributed by atoms with Gasteiger partial charge < -0.3 is 16.0 Å². The van der Waals surface area contributed by atoms with Crippen molar-refractivity contribution in [3.63, 3.8) is 0 Å². The van der Waals surface area contributed by atoms with Crippen molar-refractivity contribution >= 4 is 46.5 Å². The molecule has 6 nitrogen and oxygen atoms in total. The molecule has 0 heterocycles. The van der Waals surface area contributed by atoms with E-state index in [1.165, 1.54) is 18.7 Å². The zero-order chi connectivity index (χ0) is 20.5. The molecule has 148 valence electrons. The van der Waals surface area contributed by atoms with Gasteiger partial charge in [-0.05, 0) is 61.9 Å². The van der Waals surface area contributed by atoms with E-state index in [9.17, 15) is 14.4 Å². The first-order chi connectivity index (χ1) is 13.4. The van der Waals surface area contributed by atoms with Gasteiger partial charge in [0.25, 0.3) is 0 Å². The summed E-state index contributed by atoms with van der Waals surface area (Å²) in [5, 5.41) is 8.09.